The number of unbranched alkanes of at least 4 members (excludes halogenated alkanes) is 1. The van der Waals surface area contributed by atoms with Gasteiger partial charge in [-0.25, -0.2) is 4.98 Å². The second-order valence-electron chi connectivity index (χ2n) is 5.80. The minimum absolute atomic E-state index is 0.175. The van der Waals surface area contributed by atoms with Crippen LogP contribution in [0.15, 0.2) is 24.3 Å². The van der Waals surface area contributed by atoms with Gasteiger partial charge in [0, 0.05) is 12.6 Å². The van der Waals surface area contributed by atoms with Crippen LogP contribution in [0.4, 0.5) is 8.78 Å². The van der Waals surface area contributed by atoms with Crippen LogP contribution < -0.4 is 0 Å². The third-order valence-corrected chi connectivity index (χ3v) is 4.13. The Kier molecular flexibility index (Phi) is 4.69. The predicted octanol–water partition coefficient (Wildman–Crippen LogP) is 3.17. The molecule has 0 atom stereocenters. The third kappa shape index (κ3) is 3.28. The van der Waals surface area contributed by atoms with Crippen LogP contribution in [0.3, 0.4) is 0 Å². The fraction of sp³-hybridized carbons (Fsp3) is 0.562. The Morgan fingerprint density at radius 2 is 2.05 bits per heavy atom. The Morgan fingerprint density at radius 3 is 2.73 bits per heavy atom. The number of nitrogens with zero attached hydrogens (tertiary/aromatic N) is 3. The number of halogens is 2. The zero-order valence-corrected chi connectivity index (χ0v) is 12.5. The van der Waals surface area contributed by atoms with Crippen LogP contribution in [0.25, 0.3) is 11.0 Å². The Labute approximate surface area is 128 Å². The van der Waals surface area contributed by atoms with Crippen molar-refractivity contribution >= 4 is 11.0 Å². The van der Waals surface area contributed by atoms with E-state index in [1.165, 1.54) is 0 Å². The van der Waals surface area contributed by atoms with E-state index >= 15 is 0 Å². The van der Waals surface area contributed by atoms with Gasteiger partial charge < -0.3 is 5.11 Å². The fourth-order valence-corrected chi connectivity index (χ4v) is 2.86. The molecule has 1 N–H and O–H groups in total. The van der Waals surface area contributed by atoms with Crippen LogP contribution in [0.5, 0.6) is 0 Å². The molecule has 0 amide bonds. The Balaban J connectivity index is 1.83. The molecule has 120 valence electrons. The van der Waals surface area contributed by atoms with Crippen molar-refractivity contribution in [2.24, 2.45) is 0 Å². The molecule has 1 saturated carbocycles. The molecule has 0 radical (unpaired) electrons. The normalized spacial score (nSPS) is 15.3. The highest BCUT2D eigenvalue weighted by atomic mass is 19.3. The molecule has 1 aromatic carbocycles. The molecule has 1 aromatic heterocycles. The number of fused-ring (bicyclic) bond motifs is 1. The molecule has 0 aliphatic heterocycles. The largest absolute Gasteiger partial charge is 0.396 e. The summed E-state index contributed by atoms with van der Waals surface area (Å²) in [6.07, 6.45) is 3.86. The van der Waals surface area contributed by atoms with E-state index in [0.29, 0.717) is 29.4 Å². The maximum absolute atomic E-state index is 13.4. The maximum atomic E-state index is 13.4. The van der Waals surface area contributed by atoms with Crippen molar-refractivity contribution < 1.29 is 13.9 Å². The first-order valence-electron chi connectivity index (χ1n) is 7.79. The number of imidazole rings is 1. The summed E-state index contributed by atoms with van der Waals surface area (Å²) in [5, 5.41) is 8.90. The monoisotopic (exact) mass is 309 g/mol. The molecule has 1 heterocycles. The van der Waals surface area contributed by atoms with Gasteiger partial charge in [-0.15, -0.1) is 0 Å². The molecule has 1 aliphatic carbocycles. The number of aliphatic hydroxyl groups excluding tert-OH is 1. The van der Waals surface area contributed by atoms with Gasteiger partial charge in [-0.05, 0) is 44.4 Å². The molecule has 2 aromatic rings. The van der Waals surface area contributed by atoms with Crippen LogP contribution in [0, 0.1) is 0 Å². The highest BCUT2D eigenvalue weighted by molar-refractivity contribution is 5.75. The molecule has 6 heteroatoms. The van der Waals surface area contributed by atoms with Crippen LogP contribution >= 0.6 is 0 Å². The first-order valence-corrected chi connectivity index (χ1v) is 7.79. The van der Waals surface area contributed by atoms with Gasteiger partial charge in [-0.1, -0.05) is 12.1 Å². The molecule has 1 aliphatic rings. The van der Waals surface area contributed by atoms with Gasteiger partial charge in [0.05, 0.1) is 17.6 Å². The van der Waals surface area contributed by atoms with Crippen molar-refractivity contribution in [3.63, 3.8) is 0 Å². The molecule has 0 spiro atoms. The number of benzene rings is 1. The summed E-state index contributed by atoms with van der Waals surface area (Å²) in [6.45, 7) is -1.15. The summed E-state index contributed by atoms with van der Waals surface area (Å²) in [7, 11) is 0. The van der Waals surface area contributed by atoms with E-state index in [4.69, 9.17) is 5.11 Å². The van der Waals surface area contributed by atoms with Gasteiger partial charge in [-0.3, -0.25) is 9.47 Å². The number of hydrogen-bond donors (Lipinski definition) is 1. The van der Waals surface area contributed by atoms with Gasteiger partial charge in [0.15, 0.2) is 0 Å². The first-order chi connectivity index (χ1) is 10.7. The smallest absolute Gasteiger partial charge is 0.320 e. The van der Waals surface area contributed by atoms with Crippen LogP contribution in [-0.2, 0) is 6.54 Å². The highest BCUT2D eigenvalue weighted by Gasteiger charge is 2.30. The van der Waals surface area contributed by atoms with Gasteiger partial charge in [-0.2, -0.15) is 8.78 Å². The standard InChI is InChI=1S/C16H21F2N3O/c17-16(18)21-14-6-2-1-5-13(14)19-15(21)11-20(12-7-8-12)9-3-4-10-22/h1-2,5-6,12,16,22H,3-4,7-11H2. The summed E-state index contributed by atoms with van der Waals surface area (Å²) < 4.78 is 27.9. The van der Waals surface area contributed by atoms with Crippen molar-refractivity contribution in [2.45, 2.75) is 44.8 Å². The summed E-state index contributed by atoms with van der Waals surface area (Å²) in [4.78, 5) is 6.62. The molecule has 3 rings (SSSR count). The van der Waals surface area contributed by atoms with E-state index in [9.17, 15) is 8.78 Å². The van der Waals surface area contributed by atoms with Crippen LogP contribution in [0.2, 0.25) is 0 Å². The molecule has 0 unspecified atom stereocenters. The molecule has 0 saturated heterocycles. The molecule has 22 heavy (non-hydrogen) atoms. The summed E-state index contributed by atoms with van der Waals surface area (Å²) in [6, 6.07) is 7.50. The van der Waals surface area contributed by atoms with Crippen molar-refractivity contribution in [2.75, 3.05) is 13.2 Å². The topological polar surface area (TPSA) is 41.3 Å². The minimum Gasteiger partial charge on any atom is -0.396 e. The highest BCUT2D eigenvalue weighted by Crippen LogP contribution is 2.30. The number of aromatic nitrogens is 2. The maximum Gasteiger partial charge on any atom is 0.320 e. The van der Waals surface area contributed by atoms with E-state index in [1.54, 1.807) is 18.2 Å². The number of alkyl halides is 2. The van der Waals surface area contributed by atoms with Crippen molar-refractivity contribution in [3.05, 3.63) is 30.1 Å². The average molecular weight is 309 g/mol. The fourth-order valence-electron chi connectivity index (χ4n) is 2.86. The Morgan fingerprint density at radius 1 is 1.27 bits per heavy atom. The Bertz CT molecular complexity index is 625. The summed E-state index contributed by atoms with van der Waals surface area (Å²) in [5.74, 6) is 0.423. The summed E-state index contributed by atoms with van der Waals surface area (Å²) in [5.41, 5.74) is 1.10. The van der Waals surface area contributed by atoms with Gasteiger partial charge >= 0.3 is 6.55 Å². The van der Waals surface area contributed by atoms with E-state index in [2.05, 4.69) is 9.88 Å². The Hall–Kier alpha value is -1.53. The lowest BCUT2D eigenvalue weighted by atomic mass is 10.3. The number of rotatable bonds is 8. The van der Waals surface area contributed by atoms with E-state index < -0.39 is 6.55 Å². The van der Waals surface area contributed by atoms with Crippen LogP contribution in [-0.4, -0.2) is 38.8 Å². The van der Waals surface area contributed by atoms with Crippen LogP contribution in [0.1, 0.15) is 38.1 Å². The zero-order valence-electron chi connectivity index (χ0n) is 12.5. The molecule has 0 bridgehead atoms. The lowest BCUT2D eigenvalue weighted by Crippen LogP contribution is -2.28. The number of aliphatic hydroxyl groups is 1. The van der Waals surface area contributed by atoms with Gasteiger partial charge in [0.2, 0.25) is 0 Å². The van der Waals surface area contributed by atoms with Gasteiger partial charge in [0.1, 0.15) is 5.82 Å². The molecule has 1 fully saturated rings. The van der Waals surface area contributed by atoms with E-state index in [-0.39, 0.29) is 6.61 Å². The lowest BCUT2D eigenvalue weighted by molar-refractivity contribution is 0.0679. The number of hydrogen-bond acceptors (Lipinski definition) is 3. The molecule has 4 nitrogen and oxygen atoms in total. The van der Waals surface area contributed by atoms with E-state index in [0.717, 1.165) is 36.8 Å². The summed E-state index contributed by atoms with van der Waals surface area (Å²) >= 11 is 0. The molecular formula is C16H21F2N3O. The second kappa shape index (κ2) is 6.71. The van der Waals surface area contributed by atoms with Gasteiger partial charge in [0.25, 0.3) is 0 Å². The second-order valence-corrected chi connectivity index (χ2v) is 5.80. The SMILES string of the molecule is OCCCCN(Cc1nc2ccccc2n1C(F)F)C1CC1. The van der Waals surface area contributed by atoms with Crippen molar-refractivity contribution in [3.8, 4) is 0 Å². The quantitative estimate of drug-likeness (QED) is 0.762. The average Bonchev–Trinajstić information content (AvgIpc) is 3.27. The van der Waals surface area contributed by atoms with Crippen molar-refractivity contribution in [1.82, 2.24) is 14.5 Å². The zero-order chi connectivity index (χ0) is 15.5. The first kappa shape index (κ1) is 15.4. The predicted molar refractivity (Wildman–Crippen MR) is 80.7 cm³/mol. The van der Waals surface area contributed by atoms with E-state index in [1.807, 2.05) is 6.07 Å². The minimum atomic E-state index is -2.58. The van der Waals surface area contributed by atoms with Crippen molar-refractivity contribution in [1.29, 1.82) is 0 Å². The molecular weight excluding hydrogens is 288 g/mol. The number of para-hydroxylation sites is 2. The third-order valence-electron chi connectivity index (χ3n) is 4.13. The lowest BCUT2D eigenvalue weighted by Gasteiger charge is -2.22.